The van der Waals surface area contributed by atoms with E-state index in [1.54, 1.807) is 43.3 Å². The Hall–Kier alpha value is -4.34. The van der Waals surface area contributed by atoms with Crippen molar-refractivity contribution in [3.05, 3.63) is 71.1 Å². The van der Waals surface area contributed by atoms with Crippen molar-refractivity contribution in [2.45, 2.75) is 26.6 Å². The number of nitrogens with one attached hydrogen (secondary N) is 1. The lowest BCUT2D eigenvalue weighted by Crippen LogP contribution is -2.47. The first-order valence-corrected chi connectivity index (χ1v) is 10.4. The lowest BCUT2D eigenvalue weighted by atomic mass is 10.2. The maximum atomic E-state index is 12.3. The highest BCUT2D eigenvalue weighted by atomic mass is 16.6. The van der Waals surface area contributed by atoms with Crippen molar-refractivity contribution in [2.75, 3.05) is 13.2 Å². The number of para-hydroxylation sites is 2. The molecule has 0 fully saturated rings. The molecule has 0 aliphatic carbocycles. The van der Waals surface area contributed by atoms with Crippen LogP contribution >= 0.6 is 0 Å². The second-order valence-corrected chi connectivity index (χ2v) is 7.47. The van der Waals surface area contributed by atoms with Gasteiger partial charge in [0.05, 0.1) is 16.8 Å². The number of imide groups is 1. The maximum Gasteiger partial charge on any atom is 0.338 e. The van der Waals surface area contributed by atoms with Crippen molar-refractivity contribution in [2.24, 2.45) is 0 Å². The molecule has 3 aromatic rings. The molecule has 0 saturated heterocycles. The van der Waals surface area contributed by atoms with E-state index in [1.165, 1.54) is 12.1 Å². The zero-order valence-electron chi connectivity index (χ0n) is 18.5. The molecule has 0 radical (unpaired) electrons. The minimum absolute atomic E-state index is 0.0411. The largest absolute Gasteiger partial charge is 0.489 e. The number of rotatable bonds is 7. The van der Waals surface area contributed by atoms with Gasteiger partial charge in [-0.05, 0) is 50.2 Å². The summed E-state index contributed by atoms with van der Waals surface area (Å²) in [6.07, 6.45) is -0.993. The highest BCUT2D eigenvalue weighted by molar-refractivity contribution is 5.99. The van der Waals surface area contributed by atoms with Crippen LogP contribution in [0.25, 0.3) is 0 Å². The number of esters is 1. The fourth-order valence-corrected chi connectivity index (χ4v) is 3.17. The van der Waals surface area contributed by atoms with E-state index in [-0.39, 0.29) is 18.8 Å². The second kappa shape index (κ2) is 10.1. The molecule has 1 aromatic heterocycles. The van der Waals surface area contributed by atoms with Gasteiger partial charge < -0.3 is 23.5 Å². The molecule has 10 nitrogen and oxygen atoms in total. The summed E-state index contributed by atoms with van der Waals surface area (Å²) >= 11 is 0. The van der Waals surface area contributed by atoms with Gasteiger partial charge in [0.25, 0.3) is 11.8 Å². The Kier molecular flexibility index (Phi) is 6.77. The van der Waals surface area contributed by atoms with Crippen LogP contribution in [-0.2, 0) is 20.9 Å². The first kappa shape index (κ1) is 22.8. The van der Waals surface area contributed by atoms with Crippen LogP contribution < -0.4 is 19.5 Å². The van der Waals surface area contributed by atoms with Crippen molar-refractivity contribution in [1.82, 2.24) is 10.5 Å². The summed E-state index contributed by atoms with van der Waals surface area (Å²) in [6, 6.07) is 13.1. The van der Waals surface area contributed by atoms with Crippen LogP contribution in [0.3, 0.4) is 0 Å². The molecule has 34 heavy (non-hydrogen) atoms. The van der Waals surface area contributed by atoms with E-state index >= 15 is 0 Å². The molecular weight excluding hydrogens is 444 g/mol. The summed E-state index contributed by atoms with van der Waals surface area (Å²) in [7, 11) is 0. The molecule has 1 N–H and O–H groups in total. The smallest absolute Gasteiger partial charge is 0.338 e. The molecule has 1 aliphatic heterocycles. The van der Waals surface area contributed by atoms with Gasteiger partial charge in [0.2, 0.25) is 6.10 Å². The number of nitrogens with zero attached hydrogens (tertiary/aromatic N) is 1. The zero-order chi connectivity index (χ0) is 24.1. The number of hydrogen-bond donors (Lipinski definition) is 1. The first-order valence-electron chi connectivity index (χ1n) is 10.4. The molecule has 2 aromatic carbocycles. The molecule has 10 heteroatoms. The molecule has 2 amide bonds. The molecule has 1 aliphatic rings. The number of carbonyl (C=O) groups is 3. The van der Waals surface area contributed by atoms with Gasteiger partial charge in [-0.1, -0.05) is 17.3 Å². The number of aryl methyl sites for hydroxylation is 2. The molecule has 4 rings (SSSR count). The van der Waals surface area contributed by atoms with Gasteiger partial charge in [0.1, 0.15) is 24.7 Å². The van der Waals surface area contributed by atoms with Crippen LogP contribution in [0.15, 0.2) is 53.1 Å². The number of amides is 2. The third kappa shape index (κ3) is 5.34. The third-order valence-corrected chi connectivity index (χ3v) is 5.05. The van der Waals surface area contributed by atoms with Crippen LogP contribution in [0, 0.1) is 13.8 Å². The van der Waals surface area contributed by atoms with E-state index in [4.69, 9.17) is 23.5 Å². The quantitative estimate of drug-likeness (QED) is 0.523. The lowest BCUT2D eigenvalue weighted by molar-refractivity contribution is -0.137. The van der Waals surface area contributed by atoms with Crippen LogP contribution in [0.2, 0.25) is 0 Å². The minimum Gasteiger partial charge on any atom is -0.489 e. The highest BCUT2D eigenvalue weighted by Crippen LogP contribution is 2.30. The molecule has 2 heterocycles. The normalized spacial score (nSPS) is 14.2. The molecule has 1 atom stereocenters. The summed E-state index contributed by atoms with van der Waals surface area (Å²) in [5.41, 5.74) is 1.84. The van der Waals surface area contributed by atoms with Gasteiger partial charge in [-0.2, -0.15) is 0 Å². The summed E-state index contributed by atoms with van der Waals surface area (Å²) in [4.78, 5) is 36.5. The molecular formula is C24H22N2O8. The zero-order valence-corrected chi connectivity index (χ0v) is 18.5. The van der Waals surface area contributed by atoms with E-state index in [2.05, 4.69) is 10.5 Å². The van der Waals surface area contributed by atoms with E-state index in [0.29, 0.717) is 23.0 Å². The van der Waals surface area contributed by atoms with Crippen molar-refractivity contribution < 1.29 is 37.9 Å². The minimum atomic E-state index is -0.993. The first-order chi connectivity index (χ1) is 16.4. The predicted molar refractivity (Wildman–Crippen MR) is 117 cm³/mol. The topological polar surface area (TPSA) is 126 Å². The molecule has 0 spiro atoms. The maximum absolute atomic E-state index is 12.3. The Morgan fingerprint density at radius 1 is 1.06 bits per heavy atom. The number of fused-ring (bicyclic) bond motifs is 1. The van der Waals surface area contributed by atoms with E-state index < -0.39 is 30.5 Å². The van der Waals surface area contributed by atoms with Gasteiger partial charge in [-0.25, -0.2) is 4.79 Å². The van der Waals surface area contributed by atoms with Crippen molar-refractivity contribution in [3.63, 3.8) is 0 Å². The van der Waals surface area contributed by atoms with Gasteiger partial charge >= 0.3 is 5.97 Å². The standard InChI is InChI=1S/C24H22N2O8/c1-14-18(15(2)34-26-14)11-30-17-9-7-16(8-10-17)24(29)32-13-22(27)25-23(28)21-12-31-19-5-3-4-6-20(19)33-21/h3-10,21H,11-13H2,1-2H3,(H,25,27,28)/t21-/m0/s1. The van der Waals surface area contributed by atoms with Crippen molar-refractivity contribution in [1.29, 1.82) is 0 Å². The SMILES string of the molecule is Cc1noc(C)c1COc1ccc(C(=O)OCC(=O)NC(=O)[C@@H]2COc3ccccc3O2)cc1. The summed E-state index contributed by atoms with van der Waals surface area (Å²) < 4.78 is 26.8. The van der Waals surface area contributed by atoms with Crippen LogP contribution in [0.1, 0.15) is 27.4 Å². The van der Waals surface area contributed by atoms with E-state index in [0.717, 1.165) is 11.3 Å². The molecule has 0 saturated carbocycles. The van der Waals surface area contributed by atoms with E-state index in [1.807, 2.05) is 6.92 Å². The number of aromatic nitrogens is 1. The van der Waals surface area contributed by atoms with Gasteiger partial charge in [0, 0.05) is 0 Å². The fraction of sp³-hybridized carbons (Fsp3) is 0.250. The number of hydrogen-bond acceptors (Lipinski definition) is 9. The third-order valence-electron chi connectivity index (χ3n) is 5.05. The monoisotopic (exact) mass is 466 g/mol. The average molecular weight is 466 g/mol. The Morgan fingerprint density at radius 3 is 2.50 bits per heavy atom. The number of carbonyl (C=O) groups excluding carboxylic acids is 3. The Labute approximate surface area is 194 Å². The van der Waals surface area contributed by atoms with Crippen molar-refractivity contribution >= 4 is 17.8 Å². The van der Waals surface area contributed by atoms with Gasteiger partial charge in [-0.3, -0.25) is 14.9 Å². The van der Waals surface area contributed by atoms with Gasteiger partial charge in [-0.15, -0.1) is 0 Å². The van der Waals surface area contributed by atoms with Crippen LogP contribution in [0.4, 0.5) is 0 Å². The lowest BCUT2D eigenvalue weighted by Gasteiger charge is -2.25. The average Bonchev–Trinajstić information content (AvgIpc) is 3.18. The second-order valence-electron chi connectivity index (χ2n) is 7.47. The predicted octanol–water partition coefficient (Wildman–Crippen LogP) is 2.51. The molecule has 176 valence electrons. The van der Waals surface area contributed by atoms with E-state index in [9.17, 15) is 14.4 Å². The van der Waals surface area contributed by atoms with Gasteiger partial charge in [0.15, 0.2) is 18.1 Å². The molecule has 0 bridgehead atoms. The van der Waals surface area contributed by atoms with Crippen LogP contribution in [-0.4, -0.2) is 42.3 Å². The fourth-order valence-electron chi connectivity index (χ4n) is 3.17. The Bertz CT molecular complexity index is 1180. The van der Waals surface area contributed by atoms with Crippen molar-refractivity contribution in [3.8, 4) is 17.2 Å². The highest BCUT2D eigenvalue weighted by Gasteiger charge is 2.28. The molecule has 0 unspecified atom stereocenters. The van der Waals surface area contributed by atoms with Crippen LogP contribution in [0.5, 0.6) is 17.2 Å². The summed E-state index contributed by atoms with van der Waals surface area (Å²) in [5.74, 6) is -0.0292. The Morgan fingerprint density at radius 2 is 1.79 bits per heavy atom. The summed E-state index contributed by atoms with van der Waals surface area (Å²) in [5, 5.41) is 6.01. The Balaban J connectivity index is 1.22. The number of benzene rings is 2. The summed E-state index contributed by atoms with van der Waals surface area (Å²) in [6.45, 7) is 3.24. The number of ether oxygens (including phenoxy) is 4.